The van der Waals surface area contributed by atoms with E-state index in [-0.39, 0.29) is 11.8 Å². The first kappa shape index (κ1) is 12.0. The van der Waals surface area contributed by atoms with Gasteiger partial charge in [-0.1, -0.05) is 0 Å². The molecule has 0 aliphatic heterocycles. The molecule has 0 bridgehead atoms. The van der Waals surface area contributed by atoms with Crippen LogP contribution in [0.15, 0.2) is 10.7 Å². The lowest BCUT2D eigenvalue weighted by Crippen LogP contribution is -2.31. The summed E-state index contributed by atoms with van der Waals surface area (Å²) in [5.41, 5.74) is 5.28. The van der Waals surface area contributed by atoms with Crippen LogP contribution in [0.4, 0.5) is 24.9 Å². The predicted octanol–water partition coefficient (Wildman–Crippen LogP) is 1.82. The van der Waals surface area contributed by atoms with Crippen LogP contribution in [0.25, 0.3) is 0 Å². The van der Waals surface area contributed by atoms with Crippen molar-refractivity contribution < 1.29 is 13.2 Å². The smallest absolute Gasteiger partial charge is 0.368 e. The Morgan fingerprint density at radius 2 is 2.13 bits per heavy atom. The highest BCUT2D eigenvalue weighted by Gasteiger charge is 2.30. The van der Waals surface area contributed by atoms with Crippen LogP contribution in [-0.2, 0) is 0 Å². The van der Waals surface area contributed by atoms with Crippen molar-refractivity contribution in [3.05, 3.63) is 10.7 Å². The number of anilines is 2. The fourth-order valence-corrected chi connectivity index (χ4v) is 1.48. The Bertz CT molecular complexity index is 355. The summed E-state index contributed by atoms with van der Waals surface area (Å²) in [7, 11) is 1.28. The van der Waals surface area contributed by atoms with E-state index in [9.17, 15) is 13.2 Å². The van der Waals surface area contributed by atoms with Gasteiger partial charge in [-0.2, -0.15) is 18.2 Å². The van der Waals surface area contributed by atoms with Crippen molar-refractivity contribution in [1.29, 1.82) is 0 Å². The highest BCUT2D eigenvalue weighted by atomic mass is 79.9. The van der Waals surface area contributed by atoms with Gasteiger partial charge in [0.25, 0.3) is 0 Å². The van der Waals surface area contributed by atoms with E-state index in [0.29, 0.717) is 4.47 Å². The molecule has 4 nitrogen and oxygen atoms in total. The van der Waals surface area contributed by atoms with E-state index >= 15 is 0 Å². The summed E-state index contributed by atoms with van der Waals surface area (Å²) in [5.74, 6) is 0.0436. The molecule has 0 aliphatic rings. The molecule has 0 aliphatic carbocycles. The summed E-state index contributed by atoms with van der Waals surface area (Å²) >= 11 is 3.05. The van der Waals surface area contributed by atoms with Crippen molar-refractivity contribution >= 4 is 27.7 Å². The molecular weight excluding hydrogens is 277 g/mol. The van der Waals surface area contributed by atoms with Gasteiger partial charge in [0.1, 0.15) is 12.4 Å². The van der Waals surface area contributed by atoms with Gasteiger partial charge in [0.15, 0.2) is 0 Å². The third-order valence-electron chi connectivity index (χ3n) is 1.52. The van der Waals surface area contributed by atoms with E-state index in [0.717, 1.165) is 4.90 Å². The molecule has 0 atom stereocenters. The second kappa shape index (κ2) is 4.21. The molecule has 15 heavy (non-hydrogen) atoms. The Balaban J connectivity index is 2.90. The predicted molar refractivity (Wildman–Crippen MR) is 53.5 cm³/mol. The van der Waals surface area contributed by atoms with Gasteiger partial charge in [-0.3, -0.25) is 0 Å². The first-order valence-electron chi connectivity index (χ1n) is 3.85. The van der Waals surface area contributed by atoms with E-state index < -0.39 is 12.7 Å². The molecule has 0 radical (unpaired) electrons. The van der Waals surface area contributed by atoms with E-state index in [1.807, 2.05) is 0 Å². The third kappa shape index (κ3) is 3.54. The topological polar surface area (TPSA) is 55.0 Å². The number of alkyl halides is 3. The van der Waals surface area contributed by atoms with Gasteiger partial charge >= 0.3 is 6.18 Å². The number of hydrogen-bond donors (Lipinski definition) is 1. The van der Waals surface area contributed by atoms with Gasteiger partial charge in [0.2, 0.25) is 5.95 Å². The summed E-state index contributed by atoms with van der Waals surface area (Å²) in [5, 5.41) is 0. The fourth-order valence-electron chi connectivity index (χ4n) is 0.983. The number of nitrogen functional groups attached to an aromatic ring is 1. The number of aromatic nitrogens is 2. The molecule has 1 aromatic rings. The van der Waals surface area contributed by atoms with Crippen molar-refractivity contribution in [2.75, 3.05) is 24.2 Å². The van der Waals surface area contributed by atoms with Gasteiger partial charge < -0.3 is 10.6 Å². The molecule has 84 valence electrons. The number of halogens is 4. The van der Waals surface area contributed by atoms with Crippen LogP contribution in [0.5, 0.6) is 0 Å². The maximum atomic E-state index is 12.1. The summed E-state index contributed by atoms with van der Waals surface area (Å²) in [6.07, 6.45) is -2.97. The fraction of sp³-hybridized carbons (Fsp3) is 0.429. The van der Waals surface area contributed by atoms with Crippen LogP contribution in [0.1, 0.15) is 0 Å². The first-order chi connectivity index (χ1) is 6.79. The molecule has 1 heterocycles. The standard InChI is InChI=1S/C7H8BrF3N4/c1-15(3-7(9,10)11)5-4(8)2-13-6(12)14-5/h2H,3H2,1H3,(H2,12,13,14). The van der Waals surface area contributed by atoms with Crippen molar-refractivity contribution in [3.63, 3.8) is 0 Å². The quantitative estimate of drug-likeness (QED) is 0.900. The zero-order valence-electron chi connectivity index (χ0n) is 7.72. The Labute approximate surface area is 92.4 Å². The van der Waals surface area contributed by atoms with Gasteiger partial charge in [-0.25, -0.2) is 4.98 Å². The number of rotatable bonds is 2. The lowest BCUT2D eigenvalue weighted by atomic mass is 10.5. The summed E-state index contributed by atoms with van der Waals surface area (Å²) in [6.45, 7) is -1.10. The molecule has 0 unspecified atom stereocenters. The lowest BCUT2D eigenvalue weighted by Gasteiger charge is -2.20. The van der Waals surface area contributed by atoms with Gasteiger partial charge in [0, 0.05) is 13.2 Å². The second-order valence-electron chi connectivity index (χ2n) is 2.87. The molecule has 8 heteroatoms. The number of hydrogen-bond acceptors (Lipinski definition) is 4. The molecule has 0 saturated carbocycles. The molecular formula is C7H8BrF3N4. The molecule has 1 rings (SSSR count). The van der Waals surface area contributed by atoms with E-state index in [2.05, 4.69) is 25.9 Å². The van der Waals surface area contributed by atoms with Crippen molar-refractivity contribution in [1.82, 2.24) is 9.97 Å². The highest BCUT2D eigenvalue weighted by molar-refractivity contribution is 9.10. The average molecular weight is 285 g/mol. The van der Waals surface area contributed by atoms with Crippen LogP contribution in [-0.4, -0.2) is 29.7 Å². The summed E-state index contributed by atoms with van der Waals surface area (Å²) in [4.78, 5) is 8.28. The normalized spacial score (nSPS) is 11.5. The Hall–Kier alpha value is -1.05. The van der Waals surface area contributed by atoms with Crippen molar-refractivity contribution in [3.8, 4) is 0 Å². The second-order valence-corrected chi connectivity index (χ2v) is 3.73. The monoisotopic (exact) mass is 284 g/mol. The Morgan fingerprint density at radius 3 is 2.67 bits per heavy atom. The first-order valence-corrected chi connectivity index (χ1v) is 4.65. The molecule has 0 amide bonds. The summed E-state index contributed by atoms with van der Waals surface area (Å²) < 4.78 is 36.6. The Morgan fingerprint density at radius 1 is 1.53 bits per heavy atom. The van der Waals surface area contributed by atoms with E-state index in [1.165, 1.54) is 13.2 Å². The molecule has 1 aromatic heterocycles. The number of nitrogens with two attached hydrogens (primary N) is 1. The minimum absolute atomic E-state index is 0.0674. The largest absolute Gasteiger partial charge is 0.405 e. The van der Waals surface area contributed by atoms with Crippen LogP contribution >= 0.6 is 15.9 Å². The van der Waals surface area contributed by atoms with Crippen LogP contribution in [0.3, 0.4) is 0 Å². The number of nitrogens with zero attached hydrogens (tertiary/aromatic N) is 3. The van der Waals surface area contributed by atoms with Crippen LogP contribution < -0.4 is 10.6 Å². The zero-order valence-corrected chi connectivity index (χ0v) is 9.30. The minimum Gasteiger partial charge on any atom is -0.368 e. The molecule has 2 N–H and O–H groups in total. The van der Waals surface area contributed by atoms with Gasteiger partial charge in [0.05, 0.1) is 4.47 Å². The lowest BCUT2D eigenvalue weighted by molar-refractivity contribution is -0.119. The maximum absolute atomic E-state index is 12.1. The molecule has 0 fully saturated rings. The zero-order chi connectivity index (χ0) is 11.6. The molecule has 0 spiro atoms. The van der Waals surface area contributed by atoms with Crippen molar-refractivity contribution in [2.24, 2.45) is 0 Å². The SMILES string of the molecule is CN(CC(F)(F)F)c1nc(N)ncc1Br. The van der Waals surface area contributed by atoms with E-state index in [1.54, 1.807) is 0 Å². The highest BCUT2D eigenvalue weighted by Crippen LogP contribution is 2.25. The third-order valence-corrected chi connectivity index (χ3v) is 2.08. The average Bonchev–Trinajstić information content (AvgIpc) is 2.06. The van der Waals surface area contributed by atoms with E-state index in [4.69, 9.17) is 5.73 Å². The van der Waals surface area contributed by atoms with Gasteiger partial charge in [-0.15, -0.1) is 0 Å². The van der Waals surface area contributed by atoms with Gasteiger partial charge in [-0.05, 0) is 15.9 Å². The summed E-state index contributed by atoms with van der Waals surface area (Å²) in [6, 6.07) is 0. The van der Waals surface area contributed by atoms with Crippen molar-refractivity contribution in [2.45, 2.75) is 6.18 Å². The Kier molecular flexibility index (Phi) is 3.38. The maximum Gasteiger partial charge on any atom is 0.405 e. The van der Waals surface area contributed by atoms with Crippen LogP contribution in [0, 0.1) is 0 Å². The van der Waals surface area contributed by atoms with Crippen LogP contribution in [0.2, 0.25) is 0 Å². The molecule has 0 saturated heterocycles. The molecule has 0 aromatic carbocycles. The minimum atomic E-state index is -4.28.